The van der Waals surface area contributed by atoms with E-state index in [1.807, 2.05) is 6.21 Å². The van der Waals surface area contributed by atoms with Crippen LogP contribution in [0.25, 0.3) is 0 Å². The van der Waals surface area contributed by atoms with E-state index in [2.05, 4.69) is 52.3 Å². The van der Waals surface area contributed by atoms with E-state index >= 15 is 0 Å². The first-order valence-electron chi connectivity index (χ1n) is 4.07. The van der Waals surface area contributed by atoms with Crippen molar-refractivity contribution in [2.24, 2.45) is 4.76 Å². The highest BCUT2D eigenvalue weighted by atomic mass is 31.0. The van der Waals surface area contributed by atoms with Crippen molar-refractivity contribution < 1.29 is 0 Å². The molecule has 12 heavy (non-hydrogen) atoms. The second kappa shape index (κ2) is 4.37. The Morgan fingerprint density at radius 1 is 1.25 bits per heavy atom. The van der Waals surface area contributed by atoms with Crippen molar-refractivity contribution in [3.05, 3.63) is 35.4 Å². The molecule has 0 aliphatic carbocycles. The molecule has 64 valence electrons. The van der Waals surface area contributed by atoms with E-state index in [0.717, 1.165) is 5.56 Å². The summed E-state index contributed by atoms with van der Waals surface area (Å²) in [5.41, 5.74) is 2.52. The number of benzene rings is 1. The molecule has 0 amide bonds. The summed E-state index contributed by atoms with van der Waals surface area (Å²) in [6, 6.07) is 8.46. The SMILES string of the molecule is CC(C)c1ccc(/C=N/P)cc1. The molecule has 0 bridgehead atoms. The molecule has 1 nitrogen and oxygen atoms in total. The van der Waals surface area contributed by atoms with E-state index in [-0.39, 0.29) is 0 Å². The number of hydrogen-bond acceptors (Lipinski definition) is 1. The molecule has 0 fully saturated rings. The molecular formula is C10H14NP. The molecule has 1 atom stereocenters. The molecule has 1 unspecified atom stereocenters. The maximum absolute atomic E-state index is 3.87. The number of nitrogens with zero attached hydrogens (tertiary/aromatic N) is 1. The summed E-state index contributed by atoms with van der Waals surface area (Å²) in [5, 5.41) is 0. The third kappa shape index (κ3) is 2.42. The molecule has 1 aromatic rings. The second-order valence-electron chi connectivity index (χ2n) is 3.10. The Bertz CT molecular complexity index is 262. The molecule has 0 aromatic heterocycles. The second-order valence-corrected chi connectivity index (χ2v) is 3.40. The van der Waals surface area contributed by atoms with E-state index in [1.54, 1.807) is 0 Å². The van der Waals surface area contributed by atoms with E-state index in [4.69, 9.17) is 0 Å². The smallest absolute Gasteiger partial charge is 0.0322 e. The van der Waals surface area contributed by atoms with Gasteiger partial charge in [-0.3, -0.25) is 4.76 Å². The predicted molar refractivity (Wildman–Crippen MR) is 57.8 cm³/mol. The van der Waals surface area contributed by atoms with Gasteiger partial charge in [0.15, 0.2) is 0 Å². The molecule has 0 heterocycles. The van der Waals surface area contributed by atoms with Crippen LogP contribution in [0.1, 0.15) is 30.9 Å². The van der Waals surface area contributed by atoms with Gasteiger partial charge in [0.05, 0.1) is 0 Å². The van der Waals surface area contributed by atoms with E-state index in [9.17, 15) is 0 Å². The van der Waals surface area contributed by atoms with Gasteiger partial charge >= 0.3 is 0 Å². The standard InChI is InChI=1S/C10H14NP/c1-8(2)10-5-3-9(4-6-10)7-11-12/h3-8H,12H2,1-2H3/b11-7+. The van der Waals surface area contributed by atoms with Gasteiger partial charge < -0.3 is 0 Å². The van der Waals surface area contributed by atoms with Gasteiger partial charge in [-0.2, -0.15) is 0 Å². The van der Waals surface area contributed by atoms with Gasteiger partial charge in [0.2, 0.25) is 0 Å². The van der Waals surface area contributed by atoms with Crippen LogP contribution in [0.4, 0.5) is 0 Å². The van der Waals surface area contributed by atoms with Gasteiger partial charge in [-0.1, -0.05) is 38.1 Å². The molecule has 2 heteroatoms. The lowest BCUT2D eigenvalue weighted by atomic mass is 10.0. The molecule has 0 radical (unpaired) electrons. The maximum Gasteiger partial charge on any atom is 0.0322 e. The normalized spacial score (nSPS) is 11.3. The predicted octanol–water partition coefficient (Wildman–Crippen LogP) is 3.02. The molecule has 0 saturated heterocycles. The minimum Gasteiger partial charge on any atom is -0.276 e. The minimum atomic E-state index is 0.604. The van der Waals surface area contributed by atoms with Gasteiger partial charge in [-0.05, 0) is 26.4 Å². The van der Waals surface area contributed by atoms with Gasteiger partial charge in [-0.15, -0.1) is 0 Å². The zero-order valence-corrected chi connectivity index (χ0v) is 8.64. The minimum absolute atomic E-state index is 0.604. The molecule has 0 spiro atoms. The topological polar surface area (TPSA) is 12.4 Å². The van der Waals surface area contributed by atoms with Crippen LogP contribution in [0, 0.1) is 0 Å². The fourth-order valence-electron chi connectivity index (χ4n) is 1.05. The fraction of sp³-hybridized carbons (Fsp3) is 0.300. The Hall–Kier alpha value is -0.680. The summed E-state index contributed by atoms with van der Waals surface area (Å²) < 4.78 is 3.87. The van der Waals surface area contributed by atoms with Crippen LogP contribution in [-0.4, -0.2) is 6.21 Å². The van der Waals surface area contributed by atoms with Gasteiger partial charge in [0.25, 0.3) is 0 Å². The molecule has 0 saturated carbocycles. The zero-order valence-electron chi connectivity index (χ0n) is 7.49. The maximum atomic E-state index is 3.87. The first kappa shape index (κ1) is 9.41. The van der Waals surface area contributed by atoms with Crippen LogP contribution < -0.4 is 0 Å². The van der Waals surface area contributed by atoms with Crippen LogP contribution in [0.5, 0.6) is 0 Å². The lowest BCUT2D eigenvalue weighted by molar-refractivity contribution is 0.866. The first-order chi connectivity index (χ1) is 5.74. The lowest BCUT2D eigenvalue weighted by Gasteiger charge is -2.03. The third-order valence-corrected chi connectivity index (χ3v) is 1.98. The summed E-state index contributed by atoms with van der Waals surface area (Å²) >= 11 is 0. The lowest BCUT2D eigenvalue weighted by Crippen LogP contribution is -1.87. The molecule has 1 aromatic carbocycles. The molecule has 1 rings (SSSR count). The van der Waals surface area contributed by atoms with Crippen molar-refractivity contribution in [3.8, 4) is 0 Å². The Kier molecular flexibility index (Phi) is 3.43. The molecule has 0 aliphatic heterocycles. The largest absolute Gasteiger partial charge is 0.276 e. The van der Waals surface area contributed by atoms with Crippen LogP contribution in [0.3, 0.4) is 0 Å². The average molecular weight is 179 g/mol. The zero-order chi connectivity index (χ0) is 8.97. The quantitative estimate of drug-likeness (QED) is 0.488. The fourth-order valence-corrected chi connectivity index (χ4v) is 1.23. The van der Waals surface area contributed by atoms with Gasteiger partial charge in [0, 0.05) is 6.21 Å². The van der Waals surface area contributed by atoms with Crippen LogP contribution in [0.15, 0.2) is 29.0 Å². The van der Waals surface area contributed by atoms with Crippen molar-refractivity contribution >= 4 is 15.6 Å². The summed E-state index contributed by atoms with van der Waals surface area (Å²) in [6.45, 7) is 4.39. The number of rotatable bonds is 2. The van der Waals surface area contributed by atoms with E-state index in [0.29, 0.717) is 5.92 Å². The Morgan fingerprint density at radius 2 is 1.83 bits per heavy atom. The summed E-state index contributed by atoms with van der Waals surface area (Å²) in [5.74, 6) is 0.604. The van der Waals surface area contributed by atoms with Crippen LogP contribution >= 0.6 is 9.39 Å². The number of hydrogen-bond donors (Lipinski definition) is 0. The van der Waals surface area contributed by atoms with Crippen molar-refractivity contribution in [1.82, 2.24) is 0 Å². The Balaban J connectivity index is 2.85. The highest BCUT2D eigenvalue weighted by molar-refractivity contribution is 7.15. The third-order valence-electron chi connectivity index (χ3n) is 1.83. The van der Waals surface area contributed by atoms with E-state index < -0.39 is 0 Å². The van der Waals surface area contributed by atoms with Crippen LogP contribution in [-0.2, 0) is 0 Å². The van der Waals surface area contributed by atoms with Crippen molar-refractivity contribution in [2.75, 3.05) is 0 Å². The van der Waals surface area contributed by atoms with E-state index in [1.165, 1.54) is 5.56 Å². The molecule has 0 aliphatic rings. The first-order valence-corrected chi connectivity index (χ1v) is 4.59. The monoisotopic (exact) mass is 179 g/mol. The van der Waals surface area contributed by atoms with Crippen molar-refractivity contribution in [3.63, 3.8) is 0 Å². The van der Waals surface area contributed by atoms with Gasteiger partial charge in [-0.25, -0.2) is 0 Å². The summed E-state index contributed by atoms with van der Waals surface area (Å²) in [4.78, 5) is 0. The van der Waals surface area contributed by atoms with Gasteiger partial charge in [0.1, 0.15) is 0 Å². The van der Waals surface area contributed by atoms with Crippen LogP contribution in [0.2, 0.25) is 0 Å². The highest BCUT2D eigenvalue weighted by Gasteiger charge is 1.96. The Morgan fingerprint density at radius 3 is 2.25 bits per heavy atom. The molecular weight excluding hydrogens is 165 g/mol. The highest BCUT2D eigenvalue weighted by Crippen LogP contribution is 2.13. The average Bonchev–Trinajstić information content (AvgIpc) is 2.06. The Labute approximate surface area is 76.2 Å². The molecule has 0 N–H and O–H groups in total. The summed E-state index contributed by atoms with van der Waals surface area (Å²) in [7, 11) is 2.33. The van der Waals surface area contributed by atoms with Crippen molar-refractivity contribution in [1.29, 1.82) is 0 Å². The van der Waals surface area contributed by atoms with Crippen molar-refractivity contribution in [2.45, 2.75) is 19.8 Å². The summed E-state index contributed by atoms with van der Waals surface area (Å²) in [6.07, 6.45) is 1.83.